The Morgan fingerprint density at radius 2 is 1.83 bits per heavy atom. The molecule has 2 aromatic carbocycles. The van der Waals surface area contributed by atoms with Crippen LogP contribution < -0.4 is 5.32 Å². The van der Waals surface area contributed by atoms with E-state index < -0.39 is 9.84 Å². The van der Waals surface area contributed by atoms with Gasteiger partial charge < -0.3 is 10.1 Å². The quantitative estimate of drug-likeness (QED) is 0.606. The van der Waals surface area contributed by atoms with Crippen molar-refractivity contribution in [1.82, 2.24) is 20.1 Å². The van der Waals surface area contributed by atoms with Gasteiger partial charge in [0.2, 0.25) is 0 Å². The summed E-state index contributed by atoms with van der Waals surface area (Å²) < 4.78 is 30.8. The van der Waals surface area contributed by atoms with Gasteiger partial charge in [0.1, 0.15) is 12.7 Å². The fraction of sp³-hybridized carbons (Fsp3) is 0.250. The largest absolute Gasteiger partial charge is 0.384 e. The molecular weight excluding hydrogens is 392 g/mol. The van der Waals surface area contributed by atoms with Gasteiger partial charge in [-0.15, -0.1) is 0 Å². The molecule has 0 radical (unpaired) electrons. The summed E-state index contributed by atoms with van der Waals surface area (Å²) in [6.45, 7) is 2.00. The lowest BCUT2D eigenvalue weighted by Gasteiger charge is -2.15. The highest BCUT2D eigenvalue weighted by Crippen LogP contribution is 2.17. The van der Waals surface area contributed by atoms with Gasteiger partial charge in [0.05, 0.1) is 29.0 Å². The molecule has 1 amide bonds. The maximum atomic E-state index is 12.5. The predicted molar refractivity (Wildman–Crippen MR) is 108 cm³/mol. The van der Waals surface area contributed by atoms with E-state index >= 15 is 0 Å². The SMILES string of the molecule is COCCS(=O)(=O)c1ccc(C(=O)NC(C)c2ccc(-n3cncn3)cc2)cc1. The summed E-state index contributed by atoms with van der Waals surface area (Å²) in [4.78, 5) is 16.6. The minimum atomic E-state index is -3.42. The number of amides is 1. The molecule has 0 spiro atoms. The number of hydrogen-bond donors (Lipinski definition) is 1. The summed E-state index contributed by atoms with van der Waals surface area (Å²) in [6, 6.07) is 13.3. The number of benzene rings is 2. The molecule has 1 atom stereocenters. The number of sulfone groups is 1. The smallest absolute Gasteiger partial charge is 0.251 e. The molecule has 3 aromatic rings. The molecule has 0 saturated carbocycles. The summed E-state index contributed by atoms with van der Waals surface area (Å²) in [5.41, 5.74) is 2.19. The summed E-state index contributed by atoms with van der Waals surface area (Å²) in [5, 5.41) is 6.99. The van der Waals surface area contributed by atoms with E-state index in [1.165, 1.54) is 37.7 Å². The van der Waals surface area contributed by atoms with E-state index in [0.29, 0.717) is 5.56 Å². The van der Waals surface area contributed by atoms with Crippen molar-refractivity contribution in [1.29, 1.82) is 0 Å². The van der Waals surface area contributed by atoms with Crippen LogP contribution in [0.4, 0.5) is 0 Å². The van der Waals surface area contributed by atoms with Gasteiger partial charge in [-0.3, -0.25) is 4.79 Å². The van der Waals surface area contributed by atoms with E-state index in [0.717, 1.165) is 11.3 Å². The van der Waals surface area contributed by atoms with Gasteiger partial charge in [0, 0.05) is 12.7 Å². The summed E-state index contributed by atoms with van der Waals surface area (Å²) >= 11 is 0. The van der Waals surface area contributed by atoms with Crippen LogP contribution in [0.15, 0.2) is 66.1 Å². The molecule has 9 heteroatoms. The highest BCUT2D eigenvalue weighted by molar-refractivity contribution is 7.91. The highest BCUT2D eigenvalue weighted by Gasteiger charge is 2.16. The van der Waals surface area contributed by atoms with E-state index in [1.54, 1.807) is 11.0 Å². The molecule has 0 aliphatic heterocycles. The third-order valence-corrected chi connectivity index (χ3v) is 6.15. The van der Waals surface area contributed by atoms with Crippen molar-refractivity contribution in [2.45, 2.75) is 17.9 Å². The summed E-state index contributed by atoms with van der Waals surface area (Å²) in [7, 11) is -1.97. The molecule has 0 fully saturated rings. The second kappa shape index (κ2) is 8.97. The van der Waals surface area contributed by atoms with Crippen LogP contribution in [0, 0.1) is 0 Å². The number of nitrogens with one attached hydrogen (secondary N) is 1. The number of carbonyl (C=O) groups is 1. The zero-order valence-electron chi connectivity index (χ0n) is 16.1. The van der Waals surface area contributed by atoms with Gasteiger partial charge in [-0.2, -0.15) is 5.10 Å². The molecule has 0 aliphatic rings. The Balaban J connectivity index is 1.65. The van der Waals surface area contributed by atoms with Crippen LogP contribution in [-0.4, -0.2) is 48.6 Å². The fourth-order valence-corrected chi connectivity index (χ4v) is 3.92. The van der Waals surface area contributed by atoms with E-state index in [2.05, 4.69) is 15.4 Å². The van der Waals surface area contributed by atoms with Gasteiger partial charge in [-0.25, -0.2) is 18.1 Å². The first-order chi connectivity index (χ1) is 13.9. The van der Waals surface area contributed by atoms with Gasteiger partial charge in [-0.1, -0.05) is 12.1 Å². The molecule has 152 valence electrons. The van der Waals surface area contributed by atoms with Crippen LogP contribution in [0.3, 0.4) is 0 Å². The number of hydrogen-bond acceptors (Lipinski definition) is 6. The maximum absolute atomic E-state index is 12.5. The first-order valence-corrected chi connectivity index (χ1v) is 10.6. The minimum absolute atomic E-state index is 0.101. The van der Waals surface area contributed by atoms with E-state index in [4.69, 9.17) is 4.74 Å². The van der Waals surface area contributed by atoms with Gasteiger partial charge >= 0.3 is 0 Å². The van der Waals surface area contributed by atoms with Crippen molar-refractivity contribution in [2.24, 2.45) is 0 Å². The second-order valence-electron chi connectivity index (χ2n) is 6.46. The molecule has 0 bridgehead atoms. The maximum Gasteiger partial charge on any atom is 0.251 e. The van der Waals surface area contributed by atoms with Crippen molar-refractivity contribution < 1.29 is 17.9 Å². The molecule has 3 rings (SSSR count). The molecule has 0 saturated heterocycles. The third-order valence-electron chi connectivity index (χ3n) is 4.46. The van der Waals surface area contributed by atoms with Crippen molar-refractivity contribution in [3.63, 3.8) is 0 Å². The number of rotatable bonds is 8. The van der Waals surface area contributed by atoms with Crippen molar-refractivity contribution in [2.75, 3.05) is 19.5 Å². The lowest BCUT2D eigenvalue weighted by Crippen LogP contribution is -2.26. The number of aromatic nitrogens is 3. The molecular formula is C20H22N4O4S. The normalized spacial score (nSPS) is 12.5. The van der Waals surface area contributed by atoms with Crippen molar-refractivity contribution >= 4 is 15.7 Å². The average molecular weight is 414 g/mol. The van der Waals surface area contributed by atoms with E-state index in [9.17, 15) is 13.2 Å². The predicted octanol–water partition coefficient (Wildman–Crippen LogP) is 2.18. The molecule has 1 aromatic heterocycles. The number of carbonyl (C=O) groups excluding carboxylic acids is 1. The molecule has 1 N–H and O–H groups in total. The van der Waals surface area contributed by atoms with E-state index in [-0.39, 0.29) is 29.2 Å². The van der Waals surface area contributed by atoms with Crippen molar-refractivity contribution in [3.8, 4) is 5.69 Å². The topological polar surface area (TPSA) is 103 Å². The highest BCUT2D eigenvalue weighted by atomic mass is 32.2. The zero-order chi connectivity index (χ0) is 20.9. The van der Waals surface area contributed by atoms with Gasteiger partial charge in [0.25, 0.3) is 5.91 Å². The van der Waals surface area contributed by atoms with Crippen LogP contribution in [0.5, 0.6) is 0 Å². The Kier molecular flexibility index (Phi) is 6.40. The van der Waals surface area contributed by atoms with Crippen LogP contribution >= 0.6 is 0 Å². The second-order valence-corrected chi connectivity index (χ2v) is 8.57. The lowest BCUT2D eigenvalue weighted by molar-refractivity contribution is 0.0940. The number of nitrogens with zero attached hydrogens (tertiary/aromatic N) is 3. The monoisotopic (exact) mass is 414 g/mol. The molecule has 0 aliphatic carbocycles. The first kappa shape index (κ1) is 20.7. The van der Waals surface area contributed by atoms with Gasteiger partial charge in [-0.05, 0) is 48.9 Å². The van der Waals surface area contributed by atoms with Crippen LogP contribution in [0.2, 0.25) is 0 Å². The van der Waals surface area contributed by atoms with Gasteiger partial charge in [0.15, 0.2) is 9.84 Å². The van der Waals surface area contributed by atoms with Crippen LogP contribution in [-0.2, 0) is 14.6 Å². The summed E-state index contributed by atoms with van der Waals surface area (Å²) in [6.07, 6.45) is 3.07. The molecule has 29 heavy (non-hydrogen) atoms. The standard InChI is InChI=1S/C20H22N4O4S/c1-15(16-3-7-18(8-4-16)24-14-21-13-22-24)23-20(25)17-5-9-19(10-6-17)29(26,27)12-11-28-2/h3-10,13-15H,11-12H2,1-2H3,(H,23,25). The Hall–Kier alpha value is -3.04. The van der Waals surface area contributed by atoms with Crippen molar-refractivity contribution in [3.05, 3.63) is 72.3 Å². The zero-order valence-corrected chi connectivity index (χ0v) is 17.0. The first-order valence-electron chi connectivity index (χ1n) is 8.98. The average Bonchev–Trinajstić information content (AvgIpc) is 3.27. The minimum Gasteiger partial charge on any atom is -0.384 e. The Morgan fingerprint density at radius 3 is 2.41 bits per heavy atom. The Bertz CT molecular complexity index is 1050. The van der Waals surface area contributed by atoms with E-state index in [1.807, 2.05) is 31.2 Å². The molecule has 1 unspecified atom stereocenters. The Morgan fingerprint density at radius 1 is 1.14 bits per heavy atom. The third kappa shape index (κ3) is 5.07. The van der Waals surface area contributed by atoms with Crippen LogP contribution in [0.25, 0.3) is 5.69 Å². The molecule has 1 heterocycles. The Labute approximate surface area is 169 Å². The lowest BCUT2D eigenvalue weighted by atomic mass is 10.1. The van der Waals surface area contributed by atoms with Crippen LogP contribution in [0.1, 0.15) is 28.9 Å². The molecule has 8 nitrogen and oxygen atoms in total. The summed E-state index contributed by atoms with van der Waals surface area (Å²) in [5.74, 6) is -0.380. The number of methoxy groups -OCH3 is 1. The number of ether oxygens (including phenoxy) is 1. The fourth-order valence-electron chi connectivity index (χ4n) is 2.75.